The maximum absolute atomic E-state index is 13.2. The van der Waals surface area contributed by atoms with Crippen molar-refractivity contribution >= 4 is 40.0 Å². The lowest BCUT2D eigenvalue weighted by Crippen LogP contribution is -2.71. The van der Waals surface area contributed by atoms with Gasteiger partial charge in [0.05, 0.1) is 58.4 Å². The zero-order chi connectivity index (χ0) is 75.2. The van der Waals surface area contributed by atoms with Crippen molar-refractivity contribution in [1.82, 2.24) is 21.3 Å². The van der Waals surface area contributed by atoms with E-state index in [2.05, 4.69) is 20.1 Å². The van der Waals surface area contributed by atoms with Gasteiger partial charge in [0.25, 0.3) is 5.79 Å². The average molecular weight is 1500 g/mol. The molecule has 7 aliphatic rings. The molecule has 0 spiro atoms. The summed E-state index contributed by atoms with van der Waals surface area (Å²) >= 11 is 0. The van der Waals surface area contributed by atoms with Gasteiger partial charge in [0, 0.05) is 27.2 Å². The van der Waals surface area contributed by atoms with E-state index < -0.39 is 320 Å². The molecule has 4 amide bonds. The molecule has 48 heteroatoms. The third-order valence-corrected chi connectivity index (χ3v) is 17.9. The summed E-state index contributed by atoms with van der Waals surface area (Å²) in [5.41, 5.74) is 0. The van der Waals surface area contributed by atoms with Gasteiger partial charge in [-0.15, -0.1) is 0 Å². The van der Waals surface area contributed by atoms with Gasteiger partial charge in [-0.05, 0) is 0 Å². The van der Waals surface area contributed by atoms with Crippen LogP contribution in [0.5, 0.6) is 0 Å². The van der Waals surface area contributed by atoms with Crippen LogP contribution in [0, 0.1) is 0 Å². The van der Waals surface area contributed by atoms with Gasteiger partial charge in [0.1, 0.15) is 171 Å². The molecule has 0 aromatic heterocycles. The average Bonchev–Trinajstić information content (AvgIpc) is 0.763. The van der Waals surface area contributed by atoms with E-state index >= 15 is 0 Å². The molecule has 0 aromatic carbocycles. The van der Waals surface area contributed by atoms with Gasteiger partial charge in [-0.25, -0.2) is 8.98 Å². The molecule has 0 bridgehead atoms. The van der Waals surface area contributed by atoms with E-state index in [-0.39, 0.29) is 0 Å². The van der Waals surface area contributed by atoms with Gasteiger partial charge in [0.2, 0.25) is 23.6 Å². The smallest absolute Gasteiger partial charge is 0.397 e. The highest BCUT2D eigenvalue weighted by molar-refractivity contribution is 7.80. The number of aliphatic carboxylic acids is 1. The lowest BCUT2D eigenvalue weighted by molar-refractivity contribution is -0.391. The van der Waals surface area contributed by atoms with Gasteiger partial charge in [-0.2, -0.15) is 8.42 Å². The molecule has 26 N–H and O–H groups in total. The number of aliphatic hydroxyl groups is 20. The number of carboxylic acid groups (broad SMARTS) is 1. The van der Waals surface area contributed by atoms with Crippen molar-refractivity contribution in [3.63, 3.8) is 0 Å². The SMILES string of the molecule is CC(=O)N[C@@H]1[C@@H](O[C@@H]2O[C@H](CO)[C@H](O)[C@H](O[C@@H]3O[C@H](CO)[C@@H](O[C@@H]4O[C@H](CO)[C@H](O)[C@H](O[C@@H]5O[C@H](COS(=O)(=O)O)[C@@H](O[C@@H]6O[C@H](CO)[C@H](O)[C@H](O[C@]7(C(=O)O)C[C@H](O)[C@@H](NC(=O)CO)[C@H]([C@H](O)[C@H](O)CO)O7)[C@H]6O)[C@H](O)[C@H]5NC(C)=O)[C@H]4O)[C@H](O)[C@H]3NC(C)=O)[C@H]2O)[C@@H](O)[C@@H](CO)O[C@@H]1O. The Kier molecular flexibility index (Phi) is 30.0. The molecule has 0 aliphatic carbocycles. The van der Waals surface area contributed by atoms with E-state index in [4.69, 9.17) is 61.6 Å². The number of carbonyl (C=O) groups is 5. The molecule has 0 unspecified atom stereocenters. The van der Waals surface area contributed by atoms with E-state index in [1.807, 2.05) is 5.32 Å². The van der Waals surface area contributed by atoms with Crippen LogP contribution >= 0.6 is 0 Å². The molecule has 0 saturated carbocycles. The first kappa shape index (κ1) is 84.2. The van der Waals surface area contributed by atoms with Crippen LogP contribution in [0.3, 0.4) is 0 Å². The first-order valence-corrected chi connectivity index (χ1v) is 32.4. The number of aliphatic hydroxyl groups excluding tert-OH is 20. The first-order chi connectivity index (χ1) is 47.4. The standard InChI is InChI=1S/C53H88N4O43S/c1-13(65)54-26-34(76)39(22(10-63)92-47(26)97-44-32(74)20(8-61)90-50(37(44)79)96-41-28(56-15(3)67)46(81)88-18(6-59)30(41)72)94-49-36(78)43(31(73)19(7-60)89-49)98-48-27(55-14(2)66)35(77)40(23(93-48)12-87-101(84,85)86)95-51-38(80)45(33(75)21(9-62)91-51)100-53(52(82)83)4-16(68)25(57-24(70)11-64)42(99-53)29(71)17(69)5-58/h16-23,25-51,58-64,68-69,71-81H,4-12H2,1-3H3,(H,54,65)(H,55,66)(H,56,67)(H,57,70)(H,82,83)(H,84,85,86)/t16-,17+,18+,19+,20+,21+,22+,23+,25+,26+,27+,28+,29+,30-,31-,32-,33-,34+,35+,36+,37+,38+,39+,40+,41+,42+,43-,44-,45-,46-,47-,48-,49-,50-,51-,53-/m0/s1. The molecule has 0 aromatic rings. The van der Waals surface area contributed by atoms with Crippen LogP contribution in [-0.2, 0) is 100 Å². The maximum Gasteiger partial charge on any atom is 0.397 e. The van der Waals surface area contributed by atoms with Crippen LogP contribution in [0.25, 0.3) is 0 Å². The number of hydrogen-bond donors (Lipinski definition) is 26. The summed E-state index contributed by atoms with van der Waals surface area (Å²) in [4.78, 5) is 63.3. The number of carboxylic acids is 1. The third-order valence-electron chi connectivity index (χ3n) is 17.4. The summed E-state index contributed by atoms with van der Waals surface area (Å²) in [6, 6.07) is -7.62. The second kappa shape index (κ2) is 36.0. The van der Waals surface area contributed by atoms with Gasteiger partial charge in [-0.3, -0.25) is 23.7 Å². The molecule has 0 radical (unpaired) electrons. The quantitative estimate of drug-likeness (QED) is 0.0309. The summed E-state index contributed by atoms with van der Waals surface area (Å²) in [5, 5.41) is 239. The minimum absolute atomic E-state index is 0.789. The number of carbonyl (C=O) groups excluding carboxylic acids is 4. The van der Waals surface area contributed by atoms with E-state index in [9.17, 15) is 144 Å². The monoisotopic (exact) mass is 1500 g/mol. The largest absolute Gasteiger partial charge is 0.477 e. The van der Waals surface area contributed by atoms with E-state index in [0.717, 1.165) is 20.8 Å². The fourth-order valence-corrected chi connectivity index (χ4v) is 12.8. The Morgan fingerprint density at radius 2 is 0.842 bits per heavy atom. The molecule has 7 rings (SSSR count). The van der Waals surface area contributed by atoms with Crippen LogP contribution in [-0.4, -0.2) is 423 Å². The molecular weight excluding hydrogens is 1410 g/mol. The molecule has 7 heterocycles. The molecule has 7 aliphatic heterocycles. The third kappa shape index (κ3) is 19.4. The Morgan fingerprint density at radius 1 is 0.465 bits per heavy atom. The summed E-state index contributed by atoms with van der Waals surface area (Å²) < 4.78 is 113. The van der Waals surface area contributed by atoms with E-state index in [1.54, 1.807) is 0 Å². The van der Waals surface area contributed by atoms with Crippen molar-refractivity contribution < 1.29 is 210 Å². The Hall–Kier alpha value is -4.10. The first-order valence-electron chi connectivity index (χ1n) is 31.1. The zero-order valence-corrected chi connectivity index (χ0v) is 54.2. The van der Waals surface area contributed by atoms with Crippen molar-refractivity contribution in [2.24, 2.45) is 0 Å². The number of hydrogen-bond acceptors (Lipinski definition) is 41. The topological polar surface area (TPSA) is 742 Å². The van der Waals surface area contributed by atoms with Crippen LogP contribution in [0.15, 0.2) is 0 Å². The Balaban J connectivity index is 1.14. The Bertz CT molecular complexity index is 2830. The molecule has 36 atom stereocenters. The molecule has 584 valence electrons. The highest BCUT2D eigenvalue weighted by Gasteiger charge is 2.62. The van der Waals surface area contributed by atoms with E-state index in [1.165, 1.54) is 0 Å². The maximum atomic E-state index is 13.2. The molecule has 7 fully saturated rings. The Morgan fingerprint density at radius 3 is 1.26 bits per heavy atom. The number of rotatable bonds is 29. The second-order valence-corrected chi connectivity index (χ2v) is 25.6. The summed E-state index contributed by atoms with van der Waals surface area (Å²) in [7, 11) is -5.55. The number of ether oxygens (including phenoxy) is 13. The van der Waals surface area contributed by atoms with Crippen molar-refractivity contribution in [1.29, 1.82) is 0 Å². The van der Waals surface area contributed by atoms with Crippen LogP contribution in [0.2, 0.25) is 0 Å². The highest BCUT2D eigenvalue weighted by Crippen LogP contribution is 2.41. The lowest BCUT2D eigenvalue weighted by atomic mass is 9.88. The summed E-state index contributed by atoms with van der Waals surface area (Å²) in [5.74, 6) is -9.66. The van der Waals surface area contributed by atoms with Gasteiger partial charge < -0.3 is 190 Å². The van der Waals surface area contributed by atoms with Gasteiger partial charge in [0.15, 0.2) is 37.7 Å². The van der Waals surface area contributed by atoms with E-state index in [0.29, 0.717) is 0 Å². The van der Waals surface area contributed by atoms with Crippen molar-refractivity contribution in [3.05, 3.63) is 0 Å². The fourth-order valence-electron chi connectivity index (χ4n) is 12.5. The molecule has 101 heavy (non-hydrogen) atoms. The predicted molar refractivity (Wildman–Crippen MR) is 307 cm³/mol. The van der Waals surface area contributed by atoms with Crippen molar-refractivity contribution in [3.8, 4) is 0 Å². The predicted octanol–water partition coefficient (Wildman–Crippen LogP) is -17.7. The summed E-state index contributed by atoms with van der Waals surface area (Å²) in [6.07, 6.45) is -69.0. The lowest BCUT2D eigenvalue weighted by Gasteiger charge is -2.51. The van der Waals surface area contributed by atoms with Crippen LogP contribution in [0.1, 0.15) is 27.2 Å². The zero-order valence-electron chi connectivity index (χ0n) is 53.4. The van der Waals surface area contributed by atoms with Gasteiger partial charge in [-0.1, -0.05) is 0 Å². The molecule has 47 nitrogen and oxygen atoms in total. The molecule has 7 saturated heterocycles. The Labute approximate surface area is 570 Å². The fraction of sp³-hybridized carbons (Fsp3) is 0.906. The van der Waals surface area contributed by atoms with Crippen LogP contribution in [0.4, 0.5) is 0 Å². The van der Waals surface area contributed by atoms with Crippen molar-refractivity contribution in [2.75, 3.05) is 52.9 Å². The normalized spacial score (nSPS) is 44.5. The number of amides is 4. The second-order valence-electron chi connectivity index (χ2n) is 24.5. The summed E-state index contributed by atoms with van der Waals surface area (Å²) in [6.45, 7) is -6.84. The number of nitrogens with one attached hydrogen (secondary N) is 4. The minimum Gasteiger partial charge on any atom is -0.477 e. The van der Waals surface area contributed by atoms with Gasteiger partial charge >= 0.3 is 16.4 Å². The highest BCUT2D eigenvalue weighted by atomic mass is 32.3. The molecular formula is C53H88N4O43S. The van der Waals surface area contributed by atoms with Crippen molar-refractivity contribution in [2.45, 2.75) is 247 Å². The minimum atomic E-state index is -5.55. The van der Waals surface area contributed by atoms with Crippen LogP contribution < -0.4 is 21.3 Å².